The Balaban J connectivity index is 5.33. The third kappa shape index (κ3) is 65.2. The van der Waals surface area contributed by atoms with Crippen molar-refractivity contribution in [3.8, 4) is 0 Å². The summed E-state index contributed by atoms with van der Waals surface area (Å²) in [6.45, 7) is 4.61. The highest BCUT2D eigenvalue weighted by molar-refractivity contribution is 7.47. The fraction of sp³-hybridized carbons (Fsp3) is 0.781. The zero-order chi connectivity index (χ0) is 67.5. The zero-order valence-electron chi connectivity index (χ0n) is 58.0. The van der Waals surface area contributed by atoms with Crippen LogP contribution in [0.4, 0.5) is 0 Å². The van der Waals surface area contributed by atoms with Gasteiger partial charge in [0.1, 0.15) is 19.3 Å². The van der Waals surface area contributed by atoms with E-state index in [0.717, 1.165) is 109 Å². The van der Waals surface area contributed by atoms with Crippen molar-refractivity contribution in [3.05, 3.63) is 72.9 Å². The van der Waals surface area contributed by atoms with Gasteiger partial charge < -0.3 is 33.8 Å². The number of unbranched alkanes of at least 4 members (excludes halogenated alkanes) is 31. The van der Waals surface area contributed by atoms with Crippen LogP contribution in [0.1, 0.15) is 310 Å². The minimum absolute atomic E-state index is 0.0670. The van der Waals surface area contributed by atoms with Gasteiger partial charge in [-0.15, -0.1) is 0 Å². The van der Waals surface area contributed by atoms with Crippen molar-refractivity contribution in [1.29, 1.82) is 0 Å². The van der Waals surface area contributed by atoms with E-state index in [4.69, 9.17) is 37.0 Å². The number of phosphoric ester groups is 2. The average Bonchev–Trinajstić information content (AvgIpc) is 2.55. The molecule has 0 radical (unpaired) electrons. The highest BCUT2D eigenvalue weighted by atomic mass is 31.2. The molecule has 0 rings (SSSR count). The Morgan fingerprint density at radius 2 is 0.620 bits per heavy atom. The summed E-state index contributed by atoms with van der Waals surface area (Å²) in [6.07, 6.45) is 63.8. The van der Waals surface area contributed by atoms with Crippen LogP contribution in [0.15, 0.2) is 72.9 Å². The first-order valence-corrected chi connectivity index (χ1v) is 39.2. The predicted molar refractivity (Wildman–Crippen MR) is 372 cm³/mol. The number of aliphatic hydroxyl groups excluding tert-OH is 1. The van der Waals surface area contributed by atoms with Crippen molar-refractivity contribution in [2.75, 3.05) is 39.6 Å². The van der Waals surface area contributed by atoms with E-state index in [1.807, 2.05) is 18.2 Å². The Bertz CT molecular complexity index is 2040. The van der Waals surface area contributed by atoms with Crippen molar-refractivity contribution in [1.82, 2.24) is 0 Å². The van der Waals surface area contributed by atoms with E-state index in [9.17, 15) is 43.2 Å². The van der Waals surface area contributed by atoms with E-state index >= 15 is 0 Å². The number of phosphoric acid groups is 2. The van der Waals surface area contributed by atoms with Gasteiger partial charge in [-0.05, 0) is 70.6 Å². The van der Waals surface area contributed by atoms with Crippen LogP contribution < -0.4 is 0 Å². The molecule has 0 aliphatic carbocycles. The van der Waals surface area contributed by atoms with Crippen LogP contribution in [-0.4, -0.2) is 96.7 Å². The summed E-state index contributed by atoms with van der Waals surface area (Å²) in [5, 5.41) is 10.6. The molecule has 0 amide bonds. The third-order valence-electron chi connectivity index (χ3n) is 15.2. The highest BCUT2D eigenvalue weighted by Gasteiger charge is 2.30. The van der Waals surface area contributed by atoms with Gasteiger partial charge in [-0.25, -0.2) is 9.13 Å². The highest BCUT2D eigenvalue weighted by Crippen LogP contribution is 2.45. The van der Waals surface area contributed by atoms with E-state index < -0.39 is 97.5 Å². The maximum Gasteiger partial charge on any atom is 0.472 e. The van der Waals surface area contributed by atoms with Crippen molar-refractivity contribution in [2.45, 2.75) is 329 Å². The fourth-order valence-electron chi connectivity index (χ4n) is 9.69. The second kappa shape index (κ2) is 66.1. The van der Waals surface area contributed by atoms with Crippen molar-refractivity contribution < 1.29 is 80.2 Å². The molecule has 0 aliphatic rings. The van der Waals surface area contributed by atoms with Crippen molar-refractivity contribution >= 4 is 39.5 Å². The van der Waals surface area contributed by atoms with Crippen LogP contribution in [-0.2, 0) is 65.4 Å². The van der Waals surface area contributed by atoms with E-state index in [1.165, 1.54) is 122 Å². The third-order valence-corrected chi connectivity index (χ3v) is 17.1. The molecule has 19 heteroatoms. The number of aliphatic hydroxyl groups is 1. The quantitative estimate of drug-likeness (QED) is 0.0169. The van der Waals surface area contributed by atoms with Gasteiger partial charge in [-0.1, -0.05) is 287 Å². The maximum atomic E-state index is 13.0. The first-order chi connectivity index (χ1) is 44.7. The molecular weight excluding hydrogens is 1210 g/mol. The first kappa shape index (κ1) is 88.5. The fourth-order valence-corrected chi connectivity index (χ4v) is 11.3. The lowest BCUT2D eigenvalue weighted by molar-refractivity contribution is -0.161. The number of ether oxygens (including phenoxy) is 4. The standard InChI is InChI=1S/C73H130O17P2/c1-5-9-13-17-21-25-29-31-33-35-39-41-45-49-53-57-70(75)83-63-68(89-72(77)59-55-51-47-43-37-27-23-19-15-11-7-3)65-87-91(79,80)85-61-67(74)62-86-92(81,82)88-66-69(90-73(78)60-56-52-48-44-38-28-24-20-16-12-8-4)64-84-71(76)58-54-50-46-42-40-36-34-32-30-26-22-18-14-10-6-2/h9,13,20-21,24-25,31,33,39,41,49,53,67-69,74H,5-8,10-12,14-19,22-23,26-30,32,34-38,40,42-48,50-52,54-66H2,1-4H3,(H,79,80)(H,81,82)/b13-9-,24-20-,25-21-,33-31-,41-39-,53-49-. The smallest absolute Gasteiger partial charge is 0.462 e. The van der Waals surface area contributed by atoms with Gasteiger partial charge >= 0.3 is 39.5 Å². The SMILES string of the molecule is CC/C=C\C/C=C\C/C=C\C/C=C\C/C=C\CC(=O)OCC(COP(=O)(O)OCC(O)COP(=O)(O)OCC(COC(=O)CCCCCCCCCCCCCCCCC)OC(=O)CCCCCCC/C=C\CCCC)OC(=O)CCCCCCCCCCCCC. The Hall–Kier alpha value is -3.50. The summed E-state index contributed by atoms with van der Waals surface area (Å²) in [6, 6.07) is 0. The molecule has 3 N–H and O–H groups in total. The molecule has 0 aromatic heterocycles. The molecule has 0 fully saturated rings. The van der Waals surface area contributed by atoms with Gasteiger partial charge in [0, 0.05) is 19.3 Å². The predicted octanol–water partition coefficient (Wildman–Crippen LogP) is 20.1. The van der Waals surface area contributed by atoms with Gasteiger partial charge in [-0.3, -0.25) is 37.3 Å². The number of hydrogen-bond donors (Lipinski definition) is 3. The first-order valence-electron chi connectivity index (χ1n) is 36.2. The molecule has 0 spiro atoms. The summed E-state index contributed by atoms with van der Waals surface area (Å²) in [5.41, 5.74) is 0. The largest absolute Gasteiger partial charge is 0.472 e. The number of esters is 4. The number of rotatable bonds is 68. The van der Waals surface area contributed by atoms with Gasteiger partial charge in [0.05, 0.1) is 32.8 Å². The molecule has 0 aliphatic heterocycles. The second-order valence-corrected chi connectivity index (χ2v) is 27.1. The molecule has 5 atom stereocenters. The van der Waals surface area contributed by atoms with Crippen LogP contribution in [0.25, 0.3) is 0 Å². The van der Waals surface area contributed by atoms with Crippen molar-refractivity contribution in [2.24, 2.45) is 0 Å². The Morgan fingerprint density at radius 3 is 0.989 bits per heavy atom. The summed E-state index contributed by atoms with van der Waals surface area (Å²) >= 11 is 0. The molecule has 0 bridgehead atoms. The molecule has 0 aromatic rings. The lowest BCUT2D eigenvalue weighted by Gasteiger charge is -2.21. The van der Waals surface area contributed by atoms with E-state index in [2.05, 4.69) is 76.3 Å². The maximum absolute atomic E-state index is 13.0. The lowest BCUT2D eigenvalue weighted by atomic mass is 10.0. The Labute approximate surface area is 558 Å². The van der Waals surface area contributed by atoms with Crippen molar-refractivity contribution in [3.63, 3.8) is 0 Å². The number of carbonyl (C=O) groups is 4. The van der Waals surface area contributed by atoms with Crippen LogP contribution >= 0.6 is 15.6 Å². The number of hydrogen-bond acceptors (Lipinski definition) is 15. The molecule has 17 nitrogen and oxygen atoms in total. The van der Waals surface area contributed by atoms with Gasteiger partial charge in [0.2, 0.25) is 0 Å². The summed E-state index contributed by atoms with van der Waals surface area (Å²) in [7, 11) is -9.95. The van der Waals surface area contributed by atoms with Crippen LogP contribution in [0.2, 0.25) is 0 Å². The summed E-state index contributed by atoms with van der Waals surface area (Å²) in [4.78, 5) is 72.5. The normalized spacial score (nSPS) is 14.5. The topological polar surface area (TPSA) is 237 Å². The van der Waals surface area contributed by atoms with Gasteiger partial charge in [0.15, 0.2) is 12.2 Å². The lowest BCUT2D eigenvalue weighted by Crippen LogP contribution is -2.30. The number of carbonyl (C=O) groups excluding carboxylic acids is 4. The summed E-state index contributed by atoms with van der Waals surface area (Å²) in [5.74, 6) is -2.31. The molecule has 0 saturated heterocycles. The minimum Gasteiger partial charge on any atom is -0.462 e. The second-order valence-electron chi connectivity index (χ2n) is 24.2. The van der Waals surface area contributed by atoms with Crippen LogP contribution in [0, 0.1) is 0 Å². The summed E-state index contributed by atoms with van der Waals surface area (Å²) < 4.78 is 68.1. The van der Waals surface area contributed by atoms with Gasteiger partial charge in [0.25, 0.3) is 0 Å². The minimum atomic E-state index is -4.98. The molecule has 0 heterocycles. The average molecular weight is 1340 g/mol. The zero-order valence-corrected chi connectivity index (χ0v) is 59.8. The van der Waals surface area contributed by atoms with E-state index in [1.54, 1.807) is 6.08 Å². The Morgan fingerprint density at radius 1 is 0.326 bits per heavy atom. The molecule has 0 saturated carbocycles. The van der Waals surface area contributed by atoms with Gasteiger partial charge in [-0.2, -0.15) is 0 Å². The molecule has 534 valence electrons. The molecular formula is C73H130O17P2. The molecule has 5 unspecified atom stereocenters. The van der Waals surface area contributed by atoms with E-state index in [0.29, 0.717) is 25.7 Å². The Kier molecular flexibility index (Phi) is 63.6. The monoisotopic (exact) mass is 1340 g/mol. The number of allylic oxidation sites excluding steroid dienone is 11. The van der Waals surface area contributed by atoms with Crippen LogP contribution in [0.5, 0.6) is 0 Å². The van der Waals surface area contributed by atoms with E-state index in [-0.39, 0.29) is 25.7 Å². The molecule has 92 heavy (non-hydrogen) atoms. The molecule has 0 aromatic carbocycles. The van der Waals surface area contributed by atoms with Crippen LogP contribution in [0.3, 0.4) is 0 Å².